The van der Waals surface area contributed by atoms with Crippen molar-refractivity contribution in [3.05, 3.63) is 18.2 Å². The van der Waals surface area contributed by atoms with Crippen LogP contribution in [0, 0.1) is 12.8 Å². The standard InChI is InChI=1S/C15H24N4O2/c1-4-11(2)14-15(21)19(7-5-13(20)17-14)10-9-18-8-6-16-12(18)3/h6,8,11,14H,4-5,7,9-10H2,1-3H3,(H,17,20). The fraction of sp³-hybridized carbons (Fsp3) is 0.667. The summed E-state index contributed by atoms with van der Waals surface area (Å²) in [7, 11) is 0. The van der Waals surface area contributed by atoms with E-state index in [1.807, 2.05) is 31.5 Å². The second-order valence-corrected chi connectivity index (χ2v) is 5.67. The minimum absolute atomic E-state index is 0.0324. The maximum atomic E-state index is 12.6. The molecule has 0 aromatic carbocycles. The van der Waals surface area contributed by atoms with Crippen LogP contribution in [0.25, 0.3) is 0 Å². The highest BCUT2D eigenvalue weighted by molar-refractivity contribution is 5.90. The smallest absolute Gasteiger partial charge is 0.245 e. The normalized spacial score (nSPS) is 21.1. The topological polar surface area (TPSA) is 67.2 Å². The summed E-state index contributed by atoms with van der Waals surface area (Å²) < 4.78 is 2.02. The highest BCUT2D eigenvalue weighted by Gasteiger charge is 2.32. The van der Waals surface area contributed by atoms with Gasteiger partial charge in [0.1, 0.15) is 11.9 Å². The monoisotopic (exact) mass is 292 g/mol. The van der Waals surface area contributed by atoms with E-state index in [-0.39, 0.29) is 17.7 Å². The molecule has 1 aliphatic heterocycles. The van der Waals surface area contributed by atoms with Crippen LogP contribution in [0.5, 0.6) is 0 Å². The summed E-state index contributed by atoms with van der Waals surface area (Å²) in [6, 6.07) is -0.395. The Bertz CT molecular complexity index is 512. The van der Waals surface area contributed by atoms with Crippen molar-refractivity contribution in [2.45, 2.75) is 46.2 Å². The molecule has 0 spiro atoms. The Balaban J connectivity index is 2.05. The Morgan fingerprint density at radius 2 is 2.19 bits per heavy atom. The number of carbonyl (C=O) groups is 2. The van der Waals surface area contributed by atoms with Gasteiger partial charge in [0, 0.05) is 38.4 Å². The number of nitrogens with zero attached hydrogens (tertiary/aromatic N) is 3. The number of imidazole rings is 1. The van der Waals surface area contributed by atoms with E-state index in [4.69, 9.17) is 0 Å². The Morgan fingerprint density at radius 3 is 2.81 bits per heavy atom. The van der Waals surface area contributed by atoms with E-state index >= 15 is 0 Å². The first kappa shape index (κ1) is 15.5. The summed E-state index contributed by atoms with van der Waals surface area (Å²) in [5, 5.41) is 2.86. The molecule has 1 aromatic rings. The predicted molar refractivity (Wildman–Crippen MR) is 79.5 cm³/mol. The van der Waals surface area contributed by atoms with Crippen molar-refractivity contribution in [3.63, 3.8) is 0 Å². The largest absolute Gasteiger partial charge is 0.344 e. The first-order chi connectivity index (χ1) is 10.0. The second kappa shape index (κ2) is 6.74. The maximum absolute atomic E-state index is 12.6. The minimum atomic E-state index is -0.395. The molecular weight excluding hydrogens is 268 g/mol. The van der Waals surface area contributed by atoms with Crippen molar-refractivity contribution in [2.24, 2.45) is 5.92 Å². The number of amides is 2. The lowest BCUT2D eigenvalue weighted by molar-refractivity contribution is -0.135. The van der Waals surface area contributed by atoms with Crippen LogP contribution in [-0.4, -0.2) is 45.4 Å². The van der Waals surface area contributed by atoms with Gasteiger partial charge in [-0.3, -0.25) is 9.59 Å². The summed E-state index contributed by atoms with van der Waals surface area (Å²) in [4.78, 5) is 30.4. The molecule has 0 bridgehead atoms. The van der Waals surface area contributed by atoms with Crippen molar-refractivity contribution in [2.75, 3.05) is 13.1 Å². The van der Waals surface area contributed by atoms with Crippen LogP contribution >= 0.6 is 0 Å². The molecule has 0 aliphatic carbocycles. The molecule has 1 fully saturated rings. The van der Waals surface area contributed by atoms with E-state index in [0.29, 0.717) is 26.1 Å². The third kappa shape index (κ3) is 3.62. The highest BCUT2D eigenvalue weighted by Crippen LogP contribution is 2.14. The molecule has 0 saturated carbocycles. The van der Waals surface area contributed by atoms with E-state index in [1.54, 1.807) is 11.1 Å². The zero-order valence-electron chi connectivity index (χ0n) is 13.0. The number of carbonyl (C=O) groups excluding carboxylic acids is 2. The Morgan fingerprint density at radius 1 is 1.43 bits per heavy atom. The van der Waals surface area contributed by atoms with Crippen LogP contribution in [0.15, 0.2) is 12.4 Å². The molecule has 1 N–H and O–H groups in total. The van der Waals surface area contributed by atoms with Crippen LogP contribution < -0.4 is 5.32 Å². The van der Waals surface area contributed by atoms with Gasteiger partial charge in [-0.25, -0.2) is 4.98 Å². The Hall–Kier alpha value is -1.85. The van der Waals surface area contributed by atoms with Gasteiger partial charge in [0.2, 0.25) is 11.8 Å². The van der Waals surface area contributed by atoms with Crippen molar-refractivity contribution in [3.8, 4) is 0 Å². The van der Waals surface area contributed by atoms with Gasteiger partial charge in [0.15, 0.2) is 0 Å². The Labute approximate surface area is 125 Å². The van der Waals surface area contributed by atoms with Crippen molar-refractivity contribution in [1.29, 1.82) is 0 Å². The lowest BCUT2D eigenvalue weighted by Crippen LogP contribution is -2.48. The van der Waals surface area contributed by atoms with E-state index < -0.39 is 6.04 Å². The quantitative estimate of drug-likeness (QED) is 0.879. The van der Waals surface area contributed by atoms with Crippen LogP contribution in [0.3, 0.4) is 0 Å². The molecule has 0 radical (unpaired) electrons. The molecule has 6 nitrogen and oxygen atoms in total. The highest BCUT2D eigenvalue weighted by atomic mass is 16.2. The zero-order valence-corrected chi connectivity index (χ0v) is 13.0. The fourth-order valence-corrected chi connectivity index (χ4v) is 2.56. The second-order valence-electron chi connectivity index (χ2n) is 5.67. The predicted octanol–water partition coefficient (Wildman–Crippen LogP) is 0.955. The molecule has 2 atom stereocenters. The molecule has 1 aromatic heterocycles. The Kier molecular flexibility index (Phi) is 4.98. The van der Waals surface area contributed by atoms with Gasteiger partial charge in [0.05, 0.1) is 0 Å². The van der Waals surface area contributed by atoms with Gasteiger partial charge in [-0.05, 0) is 12.8 Å². The fourth-order valence-electron chi connectivity index (χ4n) is 2.56. The maximum Gasteiger partial charge on any atom is 0.245 e. The van der Waals surface area contributed by atoms with Gasteiger partial charge in [-0.1, -0.05) is 20.3 Å². The summed E-state index contributed by atoms with van der Waals surface area (Å²) in [6.07, 6.45) is 4.91. The molecule has 6 heteroatoms. The molecule has 2 amide bonds. The first-order valence-corrected chi connectivity index (χ1v) is 7.58. The summed E-state index contributed by atoms with van der Waals surface area (Å²) in [6.45, 7) is 7.79. The van der Waals surface area contributed by atoms with Gasteiger partial charge in [-0.15, -0.1) is 0 Å². The number of nitrogens with one attached hydrogen (secondary N) is 1. The van der Waals surface area contributed by atoms with E-state index in [2.05, 4.69) is 10.3 Å². The van der Waals surface area contributed by atoms with Gasteiger partial charge in [0.25, 0.3) is 0 Å². The van der Waals surface area contributed by atoms with Crippen molar-refractivity contribution < 1.29 is 9.59 Å². The lowest BCUT2D eigenvalue weighted by Gasteiger charge is -2.27. The molecule has 2 heterocycles. The SMILES string of the molecule is CCC(C)C1NC(=O)CCN(CCn2ccnc2C)C1=O. The summed E-state index contributed by atoms with van der Waals surface area (Å²) in [5.41, 5.74) is 0. The molecular formula is C15H24N4O2. The summed E-state index contributed by atoms with van der Waals surface area (Å²) in [5.74, 6) is 1.09. The number of hydrogen-bond donors (Lipinski definition) is 1. The van der Waals surface area contributed by atoms with Crippen LogP contribution in [0.2, 0.25) is 0 Å². The average molecular weight is 292 g/mol. The molecule has 116 valence electrons. The van der Waals surface area contributed by atoms with Gasteiger partial charge >= 0.3 is 0 Å². The van der Waals surface area contributed by atoms with Gasteiger partial charge < -0.3 is 14.8 Å². The van der Waals surface area contributed by atoms with Crippen molar-refractivity contribution in [1.82, 2.24) is 19.8 Å². The number of hydrogen-bond acceptors (Lipinski definition) is 3. The first-order valence-electron chi connectivity index (χ1n) is 7.58. The number of aryl methyl sites for hydroxylation is 1. The molecule has 21 heavy (non-hydrogen) atoms. The van der Waals surface area contributed by atoms with E-state index in [0.717, 1.165) is 12.2 Å². The zero-order chi connectivity index (χ0) is 15.4. The minimum Gasteiger partial charge on any atom is -0.344 e. The van der Waals surface area contributed by atoms with Crippen molar-refractivity contribution >= 4 is 11.8 Å². The van der Waals surface area contributed by atoms with E-state index in [1.165, 1.54) is 0 Å². The number of aromatic nitrogens is 2. The van der Waals surface area contributed by atoms with Crippen LogP contribution in [0.1, 0.15) is 32.5 Å². The molecule has 1 aliphatic rings. The number of rotatable bonds is 5. The van der Waals surface area contributed by atoms with Crippen LogP contribution in [0.4, 0.5) is 0 Å². The molecule has 2 rings (SSSR count). The lowest BCUT2D eigenvalue weighted by atomic mass is 9.98. The molecule has 2 unspecified atom stereocenters. The third-order valence-corrected chi connectivity index (χ3v) is 4.25. The van der Waals surface area contributed by atoms with Gasteiger partial charge in [-0.2, -0.15) is 0 Å². The third-order valence-electron chi connectivity index (χ3n) is 4.25. The summed E-state index contributed by atoms with van der Waals surface area (Å²) >= 11 is 0. The van der Waals surface area contributed by atoms with E-state index in [9.17, 15) is 9.59 Å². The molecule has 1 saturated heterocycles. The van der Waals surface area contributed by atoms with Crippen LogP contribution in [-0.2, 0) is 16.1 Å². The average Bonchev–Trinajstić information content (AvgIpc) is 2.82.